The number of nitro benzene ring substituents is 1. The average molecular weight is 395 g/mol. The van der Waals surface area contributed by atoms with E-state index < -0.39 is 10.7 Å². The molecule has 3 aromatic rings. The van der Waals surface area contributed by atoms with Crippen LogP contribution in [0.2, 0.25) is 0 Å². The highest BCUT2D eigenvalue weighted by atomic mass is 16.6. The molecule has 8 nitrogen and oxygen atoms in total. The second-order valence-corrected chi connectivity index (χ2v) is 7.38. The number of nitrogens with zero attached hydrogens (tertiary/aromatic N) is 3. The van der Waals surface area contributed by atoms with Gasteiger partial charge in [0.05, 0.1) is 16.5 Å². The first-order valence-electron chi connectivity index (χ1n) is 9.61. The summed E-state index contributed by atoms with van der Waals surface area (Å²) in [6.07, 6.45) is 2.86. The third kappa shape index (κ3) is 4.06. The van der Waals surface area contributed by atoms with E-state index in [0.717, 1.165) is 19.3 Å². The molecule has 29 heavy (non-hydrogen) atoms. The van der Waals surface area contributed by atoms with E-state index in [9.17, 15) is 19.7 Å². The first-order valence-corrected chi connectivity index (χ1v) is 9.61. The van der Waals surface area contributed by atoms with Crippen LogP contribution >= 0.6 is 0 Å². The zero-order chi connectivity index (χ0) is 20.4. The average Bonchev–Trinajstić information content (AvgIpc) is 3.03. The number of oxazole rings is 1. The lowest BCUT2D eigenvalue weighted by molar-refractivity contribution is -0.384. The van der Waals surface area contributed by atoms with Gasteiger partial charge in [0.25, 0.3) is 5.69 Å². The van der Waals surface area contributed by atoms with E-state index >= 15 is 0 Å². The number of fused-ring (bicyclic) bond motifs is 1. The summed E-state index contributed by atoms with van der Waals surface area (Å²) < 4.78 is 6.33. The molecule has 0 saturated carbocycles. The minimum Gasteiger partial charge on any atom is -0.407 e. The van der Waals surface area contributed by atoms with Gasteiger partial charge in [0.1, 0.15) is 6.54 Å². The van der Waals surface area contributed by atoms with E-state index in [-0.39, 0.29) is 23.7 Å². The Bertz CT molecular complexity index is 1090. The van der Waals surface area contributed by atoms with Crippen LogP contribution in [0.25, 0.3) is 11.1 Å². The van der Waals surface area contributed by atoms with E-state index in [4.69, 9.17) is 4.42 Å². The summed E-state index contributed by atoms with van der Waals surface area (Å²) in [6, 6.07) is 14.3. The first-order chi connectivity index (χ1) is 14.0. The van der Waals surface area contributed by atoms with E-state index in [1.807, 2.05) is 18.2 Å². The molecule has 1 aliphatic rings. The van der Waals surface area contributed by atoms with Crippen molar-refractivity contribution < 1.29 is 14.1 Å². The molecule has 150 valence electrons. The molecule has 1 fully saturated rings. The van der Waals surface area contributed by atoms with Crippen LogP contribution in [0.15, 0.2) is 57.7 Å². The third-order valence-corrected chi connectivity index (χ3v) is 5.49. The van der Waals surface area contributed by atoms with Crippen molar-refractivity contribution in [3.05, 3.63) is 74.8 Å². The molecular formula is C21H21N3O5. The zero-order valence-corrected chi connectivity index (χ0v) is 15.8. The van der Waals surface area contributed by atoms with Gasteiger partial charge in [-0.1, -0.05) is 30.3 Å². The van der Waals surface area contributed by atoms with Gasteiger partial charge in [0.15, 0.2) is 5.58 Å². The Morgan fingerprint density at radius 2 is 1.86 bits per heavy atom. The minimum absolute atomic E-state index is 0.110. The van der Waals surface area contributed by atoms with E-state index in [0.29, 0.717) is 24.5 Å². The Morgan fingerprint density at radius 1 is 1.14 bits per heavy atom. The normalized spacial score (nSPS) is 15.0. The molecule has 0 spiro atoms. The van der Waals surface area contributed by atoms with Gasteiger partial charge in [-0.2, -0.15) is 0 Å². The van der Waals surface area contributed by atoms with Gasteiger partial charge in [-0.25, -0.2) is 4.79 Å². The van der Waals surface area contributed by atoms with Crippen molar-refractivity contribution in [2.75, 3.05) is 13.1 Å². The molecule has 4 rings (SSSR count). The molecule has 1 amide bonds. The number of carbonyl (C=O) groups excluding carboxylic acids is 1. The van der Waals surface area contributed by atoms with Crippen LogP contribution in [-0.2, 0) is 17.8 Å². The second-order valence-electron chi connectivity index (χ2n) is 7.38. The van der Waals surface area contributed by atoms with Crippen molar-refractivity contribution in [1.29, 1.82) is 0 Å². The molecule has 0 atom stereocenters. The minimum atomic E-state index is -0.687. The summed E-state index contributed by atoms with van der Waals surface area (Å²) in [7, 11) is 0. The van der Waals surface area contributed by atoms with E-state index in [2.05, 4.69) is 12.1 Å². The quantitative estimate of drug-likeness (QED) is 0.488. The maximum Gasteiger partial charge on any atom is 0.420 e. The lowest BCUT2D eigenvalue weighted by Crippen LogP contribution is -2.41. The van der Waals surface area contributed by atoms with Crippen molar-refractivity contribution in [1.82, 2.24) is 9.47 Å². The number of piperidine rings is 1. The third-order valence-electron chi connectivity index (χ3n) is 5.49. The molecule has 8 heteroatoms. The fraction of sp³-hybridized carbons (Fsp3) is 0.333. The van der Waals surface area contributed by atoms with Gasteiger partial charge in [-0.3, -0.25) is 19.5 Å². The first kappa shape index (κ1) is 18.9. The van der Waals surface area contributed by atoms with Gasteiger partial charge in [-0.15, -0.1) is 0 Å². The van der Waals surface area contributed by atoms with Crippen molar-refractivity contribution in [3.63, 3.8) is 0 Å². The standard InChI is InChI=1S/C21H21N3O5/c25-20(22-10-8-16(9-11-22)12-15-4-2-1-3-5-15)14-23-18-7-6-17(24(27)28)13-19(18)29-21(23)26/h1-7,13,16H,8-12,14H2. The molecule has 0 N–H and O–H groups in total. The van der Waals surface area contributed by atoms with E-state index in [1.54, 1.807) is 4.90 Å². The Kier molecular flexibility index (Phi) is 5.16. The number of likely N-dealkylation sites (tertiary alicyclic amines) is 1. The molecule has 2 heterocycles. The molecule has 1 saturated heterocycles. The van der Waals surface area contributed by atoms with Gasteiger partial charge in [0.2, 0.25) is 5.91 Å². The molecule has 1 aliphatic heterocycles. The van der Waals surface area contributed by atoms with Crippen LogP contribution in [0, 0.1) is 16.0 Å². The van der Waals surface area contributed by atoms with Crippen molar-refractivity contribution >= 4 is 22.7 Å². The summed E-state index contributed by atoms with van der Waals surface area (Å²) in [5, 5.41) is 10.9. The van der Waals surface area contributed by atoms with Crippen LogP contribution in [0.4, 0.5) is 5.69 Å². The maximum atomic E-state index is 12.7. The van der Waals surface area contributed by atoms with Gasteiger partial charge < -0.3 is 9.32 Å². The van der Waals surface area contributed by atoms with Crippen LogP contribution in [-0.4, -0.2) is 33.4 Å². The number of carbonyl (C=O) groups is 1. The number of rotatable bonds is 5. The summed E-state index contributed by atoms with van der Waals surface area (Å²) in [5.74, 6) is -0.293. The Hall–Kier alpha value is -3.42. The van der Waals surface area contributed by atoms with Gasteiger partial charge in [0, 0.05) is 19.2 Å². The fourth-order valence-electron chi connectivity index (χ4n) is 3.89. The van der Waals surface area contributed by atoms with Crippen LogP contribution < -0.4 is 5.76 Å². The zero-order valence-electron chi connectivity index (χ0n) is 15.8. The predicted octanol–water partition coefficient (Wildman–Crippen LogP) is 2.98. The highest BCUT2D eigenvalue weighted by Gasteiger charge is 2.24. The van der Waals surface area contributed by atoms with Crippen molar-refractivity contribution in [3.8, 4) is 0 Å². The highest BCUT2D eigenvalue weighted by molar-refractivity contribution is 5.80. The Balaban J connectivity index is 1.41. The molecule has 0 aliphatic carbocycles. The number of nitro groups is 1. The number of non-ortho nitro benzene ring substituents is 1. The molecule has 0 radical (unpaired) electrons. The lowest BCUT2D eigenvalue weighted by atomic mass is 9.90. The molecular weight excluding hydrogens is 374 g/mol. The second kappa shape index (κ2) is 7.90. The fourth-order valence-corrected chi connectivity index (χ4v) is 3.89. The summed E-state index contributed by atoms with van der Waals surface area (Å²) >= 11 is 0. The number of hydrogen-bond acceptors (Lipinski definition) is 5. The van der Waals surface area contributed by atoms with E-state index in [1.165, 1.54) is 28.3 Å². The topological polar surface area (TPSA) is 98.6 Å². The summed E-state index contributed by atoms with van der Waals surface area (Å²) in [5.41, 5.74) is 1.64. The number of hydrogen-bond donors (Lipinski definition) is 0. The number of amides is 1. The SMILES string of the molecule is O=C(Cn1c(=O)oc2cc([N+](=O)[O-])ccc21)N1CCC(Cc2ccccc2)CC1. The smallest absolute Gasteiger partial charge is 0.407 e. The van der Waals surface area contributed by atoms with Crippen LogP contribution in [0.1, 0.15) is 18.4 Å². The molecule has 1 aromatic heterocycles. The van der Waals surface area contributed by atoms with Crippen LogP contribution in [0.5, 0.6) is 0 Å². The number of aromatic nitrogens is 1. The Labute approximate surface area is 166 Å². The van der Waals surface area contributed by atoms with Gasteiger partial charge >= 0.3 is 5.76 Å². The summed E-state index contributed by atoms with van der Waals surface area (Å²) in [6.45, 7) is 1.19. The maximum absolute atomic E-state index is 12.7. The molecule has 2 aromatic carbocycles. The predicted molar refractivity (Wildman–Crippen MR) is 107 cm³/mol. The van der Waals surface area contributed by atoms with Crippen LogP contribution in [0.3, 0.4) is 0 Å². The lowest BCUT2D eigenvalue weighted by Gasteiger charge is -2.32. The largest absolute Gasteiger partial charge is 0.420 e. The van der Waals surface area contributed by atoms with Crippen molar-refractivity contribution in [2.24, 2.45) is 5.92 Å². The number of benzene rings is 2. The Morgan fingerprint density at radius 3 is 2.55 bits per heavy atom. The monoisotopic (exact) mass is 395 g/mol. The molecule has 0 bridgehead atoms. The molecule has 0 unspecified atom stereocenters. The van der Waals surface area contributed by atoms with Crippen molar-refractivity contribution in [2.45, 2.75) is 25.8 Å². The van der Waals surface area contributed by atoms with Gasteiger partial charge in [-0.05, 0) is 36.8 Å². The highest BCUT2D eigenvalue weighted by Crippen LogP contribution is 2.23. The summed E-state index contributed by atoms with van der Waals surface area (Å²) in [4.78, 5) is 37.0.